The summed E-state index contributed by atoms with van der Waals surface area (Å²) < 4.78 is 1.07. The van der Waals surface area contributed by atoms with E-state index in [1.54, 1.807) is 0 Å². The summed E-state index contributed by atoms with van der Waals surface area (Å²) >= 11 is 1.36. The van der Waals surface area contributed by atoms with Gasteiger partial charge in [0.25, 0.3) is 0 Å². The fraction of sp³-hybridized carbons (Fsp3) is 0.250. The number of aromatic carboxylic acids is 1. The molecule has 0 atom stereocenters. The molecule has 0 saturated carbocycles. The summed E-state index contributed by atoms with van der Waals surface area (Å²) in [5.41, 5.74) is 3.23. The molecule has 0 unspecified atom stereocenters. The Hall–Kier alpha value is -1.35. The van der Waals surface area contributed by atoms with Gasteiger partial charge < -0.3 is 5.11 Å². The number of aryl methyl sites for hydroxylation is 3. The number of hydrogen-bond donors (Lipinski definition) is 1. The molecule has 0 aliphatic rings. The summed E-state index contributed by atoms with van der Waals surface area (Å²) in [6, 6.07) is 4.14. The first kappa shape index (κ1) is 10.2. The summed E-state index contributed by atoms with van der Waals surface area (Å²) in [5.74, 6) is -0.828. The van der Waals surface area contributed by atoms with E-state index in [1.807, 2.05) is 26.8 Å². The number of carboxylic acids is 1. The van der Waals surface area contributed by atoms with Crippen molar-refractivity contribution in [3.63, 3.8) is 0 Å². The SMILES string of the molecule is Cc1cc(C)c2c(C)c(C(=O)O)sc2c1. The molecule has 0 radical (unpaired) electrons. The summed E-state index contributed by atoms with van der Waals surface area (Å²) in [7, 11) is 0. The Bertz CT molecular complexity index is 552. The van der Waals surface area contributed by atoms with Crippen molar-refractivity contribution in [3.05, 3.63) is 33.7 Å². The average Bonchev–Trinajstić information content (AvgIpc) is 2.42. The highest BCUT2D eigenvalue weighted by molar-refractivity contribution is 7.21. The summed E-state index contributed by atoms with van der Waals surface area (Å²) in [5, 5.41) is 10.1. The Labute approximate surface area is 92.2 Å². The molecule has 0 amide bonds. The van der Waals surface area contributed by atoms with Gasteiger partial charge in [0.2, 0.25) is 0 Å². The van der Waals surface area contributed by atoms with Crippen LogP contribution in [0.25, 0.3) is 10.1 Å². The van der Waals surface area contributed by atoms with Crippen molar-refractivity contribution in [2.75, 3.05) is 0 Å². The molecule has 0 fully saturated rings. The van der Waals surface area contributed by atoms with E-state index in [2.05, 4.69) is 6.07 Å². The van der Waals surface area contributed by atoms with Crippen molar-refractivity contribution in [2.24, 2.45) is 0 Å². The molecular weight excluding hydrogens is 208 g/mol. The maximum absolute atomic E-state index is 11.0. The van der Waals surface area contributed by atoms with E-state index < -0.39 is 5.97 Å². The third-order valence-corrected chi connectivity index (χ3v) is 3.79. The lowest BCUT2D eigenvalue weighted by Crippen LogP contribution is -1.93. The smallest absolute Gasteiger partial charge is 0.346 e. The van der Waals surface area contributed by atoms with Crippen molar-refractivity contribution in [1.29, 1.82) is 0 Å². The number of rotatable bonds is 1. The van der Waals surface area contributed by atoms with Crippen LogP contribution in [0.2, 0.25) is 0 Å². The molecular formula is C12H12O2S. The van der Waals surface area contributed by atoms with Gasteiger partial charge in [-0.15, -0.1) is 11.3 Å². The first-order chi connectivity index (χ1) is 7.00. The predicted octanol–water partition coefficient (Wildman–Crippen LogP) is 3.52. The molecule has 2 nitrogen and oxygen atoms in total. The monoisotopic (exact) mass is 220 g/mol. The lowest BCUT2D eigenvalue weighted by molar-refractivity contribution is 0.0701. The molecule has 78 valence electrons. The number of thiophene rings is 1. The van der Waals surface area contributed by atoms with E-state index in [-0.39, 0.29) is 0 Å². The van der Waals surface area contributed by atoms with Crippen molar-refractivity contribution in [2.45, 2.75) is 20.8 Å². The minimum Gasteiger partial charge on any atom is -0.477 e. The van der Waals surface area contributed by atoms with Crippen LogP contribution in [0.3, 0.4) is 0 Å². The van der Waals surface area contributed by atoms with Gasteiger partial charge in [0.15, 0.2) is 0 Å². The van der Waals surface area contributed by atoms with E-state index in [9.17, 15) is 4.79 Å². The summed E-state index contributed by atoms with van der Waals surface area (Å²) in [6.07, 6.45) is 0. The number of carbonyl (C=O) groups is 1. The van der Waals surface area contributed by atoms with Gasteiger partial charge in [-0.3, -0.25) is 0 Å². The lowest BCUT2D eigenvalue weighted by Gasteiger charge is -2.00. The highest BCUT2D eigenvalue weighted by atomic mass is 32.1. The second kappa shape index (κ2) is 3.35. The fourth-order valence-corrected chi connectivity index (χ4v) is 3.22. The van der Waals surface area contributed by atoms with E-state index in [0.29, 0.717) is 4.88 Å². The zero-order chi connectivity index (χ0) is 11.2. The summed E-state index contributed by atoms with van der Waals surface area (Å²) in [4.78, 5) is 11.5. The fourth-order valence-electron chi connectivity index (χ4n) is 1.99. The van der Waals surface area contributed by atoms with Gasteiger partial charge in [-0.05, 0) is 48.9 Å². The van der Waals surface area contributed by atoms with Gasteiger partial charge in [-0.25, -0.2) is 4.79 Å². The van der Waals surface area contributed by atoms with Crippen molar-refractivity contribution in [3.8, 4) is 0 Å². The van der Waals surface area contributed by atoms with Crippen molar-refractivity contribution >= 4 is 27.4 Å². The standard InChI is InChI=1S/C12H12O2S/c1-6-4-7(2)10-8(3)11(12(13)14)15-9(10)5-6/h4-5H,1-3H3,(H,13,14). The molecule has 15 heavy (non-hydrogen) atoms. The second-order valence-electron chi connectivity index (χ2n) is 3.82. The molecule has 1 heterocycles. The maximum atomic E-state index is 11.0. The Morgan fingerprint density at radius 2 is 1.93 bits per heavy atom. The second-order valence-corrected chi connectivity index (χ2v) is 4.87. The van der Waals surface area contributed by atoms with Crippen molar-refractivity contribution < 1.29 is 9.90 Å². The number of hydrogen-bond acceptors (Lipinski definition) is 2. The molecule has 0 aliphatic carbocycles. The summed E-state index contributed by atoms with van der Waals surface area (Å²) in [6.45, 7) is 5.94. The van der Waals surface area contributed by atoms with Crippen LogP contribution in [-0.2, 0) is 0 Å². The van der Waals surface area contributed by atoms with Gasteiger partial charge in [0.05, 0.1) is 0 Å². The third-order valence-electron chi connectivity index (χ3n) is 2.57. The highest BCUT2D eigenvalue weighted by Crippen LogP contribution is 2.33. The quantitative estimate of drug-likeness (QED) is 0.798. The Kier molecular flexibility index (Phi) is 2.27. The van der Waals surface area contributed by atoms with Crippen LogP contribution in [0.4, 0.5) is 0 Å². The normalized spacial score (nSPS) is 10.9. The minimum absolute atomic E-state index is 0.457. The van der Waals surface area contributed by atoms with E-state index in [4.69, 9.17) is 5.11 Å². The molecule has 1 aromatic heterocycles. The molecule has 0 bridgehead atoms. The number of benzene rings is 1. The number of fused-ring (bicyclic) bond motifs is 1. The van der Waals surface area contributed by atoms with Crippen LogP contribution < -0.4 is 0 Å². The minimum atomic E-state index is -0.828. The van der Waals surface area contributed by atoms with E-state index in [1.165, 1.54) is 16.9 Å². The lowest BCUT2D eigenvalue weighted by atomic mass is 10.0. The average molecular weight is 220 g/mol. The first-order valence-electron chi connectivity index (χ1n) is 4.74. The van der Waals surface area contributed by atoms with Gasteiger partial charge in [0, 0.05) is 4.70 Å². The van der Waals surface area contributed by atoms with Crippen molar-refractivity contribution in [1.82, 2.24) is 0 Å². The topological polar surface area (TPSA) is 37.3 Å². The molecule has 2 rings (SSSR count). The van der Waals surface area contributed by atoms with Crippen LogP contribution in [0.5, 0.6) is 0 Å². The van der Waals surface area contributed by atoms with E-state index >= 15 is 0 Å². The Balaban J connectivity index is 2.88. The van der Waals surface area contributed by atoms with Gasteiger partial charge in [-0.2, -0.15) is 0 Å². The predicted molar refractivity (Wildman–Crippen MR) is 63.0 cm³/mol. The maximum Gasteiger partial charge on any atom is 0.346 e. The van der Waals surface area contributed by atoms with Crippen LogP contribution in [0, 0.1) is 20.8 Å². The molecule has 1 N–H and O–H groups in total. The zero-order valence-corrected chi connectivity index (χ0v) is 9.73. The zero-order valence-electron chi connectivity index (χ0n) is 8.92. The molecule has 1 aromatic carbocycles. The molecule has 0 spiro atoms. The molecule has 2 aromatic rings. The Morgan fingerprint density at radius 3 is 2.53 bits per heavy atom. The Morgan fingerprint density at radius 1 is 1.27 bits per heavy atom. The van der Waals surface area contributed by atoms with Crippen LogP contribution >= 0.6 is 11.3 Å². The molecule has 0 saturated heterocycles. The van der Waals surface area contributed by atoms with Crippen LogP contribution in [0.1, 0.15) is 26.4 Å². The van der Waals surface area contributed by atoms with Gasteiger partial charge >= 0.3 is 5.97 Å². The van der Waals surface area contributed by atoms with Gasteiger partial charge in [-0.1, -0.05) is 6.07 Å². The third kappa shape index (κ3) is 1.53. The van der Waals surface area contributed by atoms with Crippen LogP contribution in [0.15, 0.2) is 12.1 Å². The molecule has 3 heteroatoms. The van der Waals surface area contributed by atoms with E-state index in [0.717, 1.165) is 21.2 Å². The number of carboxylic acid groups (broad SMARTS) is 1. The van der Waals surface area contributed by atoms with Gasteiger partial charge in [0.1, 0.15) is 4.88 Å². The largest absolute Gasteiger partial charge is 0.477 e. The highest BCUT2D eigenvalue weighted by Gasteiger charge is 2.15. The van der Waals surface area contributed by atoms with Crippen LogP contribution in [-0.4, -0.2) is 11.1 Å². The molecule has 0 aliphatic heterocycles. The first-order valence-corrected chi connectivity index (χ1v) is 5.56.